The SMILES string of the molecule is C=CON1Cc2ccccc2N1. The standard InChI is InChI=1S/C9H10N2O/c1-2-12-11-7-8-5-3-4-6-9(8)10-11/h2-6,10H,1,7H2. The Bertz CT molecular complexity index is 273. The predicted molar refractivity (Wildman–Crippen MR) is 46.9 cm³/mol. The van der Waals surface area contributed by atoms with Gasteiger partial charge in [0, 0.05) is 0 Å². The fraction of sp³-hybridized carbons (Fsp3) is 0.111. The summed E-state index contributed by atoms with van der Waals surface area (Å²) in [6, 6.07) is 8.08. The molecule has 0 atom stereocenters. The Morgan fingerprint density at radius 3 is 3.08 bits per heavy atom. The molecule has 0 fully saturated rings. The van der Waals surface area contributed by atoms with E-state index in [0.717, 1.165) is 12.2 Å². The zero-order valence-corrected chi connectivity index (χ0v) is 6.66. The average molecular weight is 162 g/mol. The van der Waals surface area contributed by atoms with E-state index >= 15 is 0 Å². The number of rotatable bonds is 2. The van der Waals surface area contributed by atoms with Crippen LogP contribution >= 0.6 is 0 Å². The van der Waals surface area contributed by atoms with Gasteiger partial charge in [-0.25, -0.2) is 0 Å². The minimum absolute atomic E-state index is 0.752. The summed E-state index contributed by atoms with van der Waals surface area (Å²) in [4.78, 5) is 5.07. The molecule has 1 aromatic rings. The maximum Gasteiger partial charge on any atom is 0.106 e. The largest absolute Gasteiger partial charge is 0.394 e. The number of anilines is 1. The summed E-state index contributed by atoms with van der Waals surface area (Å²) in [5.74, 6) is 0. The average Bonchev–Trinajstić information content (AvgIpc) is 2.47. The molecule has 3 heteroatoms. The van der Waals surface area contributed by atoms with E-state index in [-0.39, 0.29) is 0 Å². The van der Waals surface area contributed by atoms with E-state index in [1.54, 1.807) is 5.17 Å². The van der Waals surface area contributed by atoms with Crippen molar-refractivity contribution < 1.29 is 4.84 Å². The number of para-hydroxylation sites is 1. The van der Waals surface area contributed by atoms with Gasteiger partial charge < -0.3 is 4.84 Å². The molecule has 1 N–H and O–H groups in total. The first-order valence-corrected chi connectivity index (χ1v) is 3.80. The van der Waals surface area contributed by atoms with E-state index < -0.39 is 0 Å². The van der Waals surface area contributed by atoms with E-state index in [9.17, 15) is 0 Å². The molecule has 12 heavy (non-hydrogen) atoms. The molecule has 0 aliphatic carbocycles. The van der Waals surface area contributed by atoms with Crippen molar-refractivity contribution in [3.8, 4) is 0 Å². The van der Waals surface area contributed by atoms with E-state index in [4.69, 9.17) is 4.84 Å². The van der Waals surface area contributed by atoms with Gasteiger partial charge in [0.25, 0.3) is 0 Å². The van der Waals surface area contributed by atoms with Gasteiger partial charge in [-0.15, -0.1) is 0 Å². The van der Waals surface area contributed by atoms with Crippen LogP contribution in [-0.4, -0.2) is 5.17 Å². The Kier molecular flexibility index (Phi) is 1.72. The lowest BCUT2D eigenvalue weighted by Crippen LogP contribution is -2.20. The van der Waals surface area contributed by atoms with Crippen molar-refractivity contribution in [2.24, 2.45) is 0 Å². The van der Waals surface area contributed by atoms with Crippen molar-refractivity contribution in [1.82, 2.24) is 5.17 Å². The fourth-order valence-electron chi connectivity index (χ4n) is 1.25. The Labute approximate surface area is 71.2 Å². The first-order chi connectivity index (χ1) is 5.90. The predicted octanol–water partition coefficient (Wildman–Crippen LogP) is 1.90. The summed E-state index contributed by atoms with van der Waals surface area (Å²) >= 11 is 0. The summed E-state index contributed by atoms with van der Waals surface area (Å²) in [5, 5.41) is 1.64. The molecule has 0 amide bonds. The smallest absolute Gasteiger partial charge is 0.106 e. The zero-order chi connectivity index (χ0) is 8.39. The fourth-order valence-corrected chi connectivity index (χ4v) is 1.25. The number of fused-ring (bicyclic) bond motifs is 1. The van der Waals surface area contributed by atoms with E-state index in [1.807, 2.05) is 18.2 Å². The monoisotopic (exact) mass is 162 g/mol. The van der Waals surface area contributed by atoms with Crippen molar-refractivity contribution in [1.29, 1.82) is 0 Å². The second-order valence-corrected chi connectivity index (χ2v) is 2.58. The summed E-state index contributed by atoms with van der Waals surface area (Å²) in [5.41, 5.74) is 5.41. The molecule has 0 saturated heterocycles. The van der Waals surface area contributed by atoms with Crippen LogP contribution in [0.1, 0.15) is 5.56 Å². The molecule has 0 spiro atoms. The molecule has 0 aromatic heterocycles. The lowest BCUT2D eigenvalue weighted by atomic mass is 10.2. The van der Waals surface area contributed by atoms with Crippen molar-refractivity contribution >= 4 is 5.69 Å². The van der Waals surface area contributed by atoms with Gasteiger partial charge >= 0.3 is 0 Å². The molecule has 1 aliphatic rings. The number of nitrogens with one attached hydrogen (secondary N) is 1. The Hall–Kier alpha value is -1.48. The van der Waals surface area contributed by atoms with E-state index in [2.05, 4.69) is 18.1 Å². The number of hydrogen-bond donors (Lipinski definition) is 1. The number of hydroxylamine groups is 1. The molecule has 3 nitrogen and oxygen atoms in total. The minimum atomic E-state index is 0.752. The molecule has 62 valence electrons. The van der Waals surface area contributed by atoms with Crippen LogP contribution in [0, 0.1) is 0 Å². The van der Waals surface area contributed by atoms with Crippen LogP contribution in [0.3, 0.4) is 0 Å². The maximum atomic E-state index is 5.07. The molecule has 1 aromatic carbocycles. The van der Waals surface area contributed by atoms with Gasteiger partial charge in [0.2, 0.25) is 0 Å². The third-order valence-corrected chi connectivity index (χ3v) is 1.78. The number of nitrogens with zero attached hydrogens (tertiary/aromatic N) is 1. The Morgan fingerprint density at radius 1 is 1.50 bits per heavy atom. The minimum Gasteiger partial charge on any atom is -0.394 e. The van der Waals surface area contributed by atoms with Crippen molar-refractivity contribution in [2.75, 3.05) is 5.43 Å². The van der Waals surface area contributed by atoms with Gasteiger partial charge in [-0.3, -0.25) is 5.43 Å². The van der Waals surface area contributed by atoms with E-state index in [0.29, 0.717) is 0 Å². The molecule has 0 saturated carbocycles. The molecular formula is C9H10N2O. The molecule has 0 unspecified atom stereocenters. The van der Waals surface area contributed by atoms with Crippen LogP contribution in [0.2, 0.25) is 0 Å². The lowest BCUT2D eigenvalue weighted by molar-refractivity contribution is -0.0799. The second kappa shape index (κ2) is 2.87. The quantitative estimate of drug-likeness (QED) is 0.672. The van der Waals surface area contributed by atoms with Gasteiger partial charge in [0.15, 0.2) is 0 Å². The summed E-state index contributed by atoms with van der Waals surface area (Å²) in [6.45, 7) is 4.24. The van der Waals surface area contributed by atoms with Gasteiger partial charge in [0.1, 0.15) is 6.26 Å². The highest BCUT2D eigenvalue weighted by atomic mass is 16.7. The van der Waals surface area contributed by atoms with Gasteiger partial charge in [-0.1, -0.05) is 30.0 Å². The number of benzene rings is 1. The molecule has 1 aliphatic heterocycles. The van der Waals surface area contributed by atoms with E-state index in [1.165, 1.54) is 11.8 Å². The van der Waals surface area contributed by atoms with Crippen molar-refractivity contribution in [3.05, 3.63) is 42.7 Å². The van der Waals surface area contributed by atoms with Crippen LogP contribution in [-0.2, 0) is 11.4 Å². The van der Waals surface area contributed by atoms with Crippen molar-refractivity contribution in [3.63, 3.8) is 0 Å². The van der Waals surface area contributed by atoms with Crippen LogP contribution in [0.5, 0.6) is 0 Å². The maximum absolute atomic E-state index is 5.07. The zero-order valence-electron chi connectivity index (χ0n) is 6.66. The van der Waals surface area contributed by atoms with Crippen LogP contribution in [0.25, 0.3) is 0 Å². The van der Waals surface area contributed by atoms with Crippen LogP contribution in [0.15, 0.2) is 37.1 Å². The van der Waals surface area contributed by atoms with Gasteiger partial charge in [0.05, 0.1) is 12.2 Å². The van der Waals surface area contributed by atoms with Crippen LogP contribution < -0.4 is 5.43 Å². The molecular weight excluding hydrogens is 152 g/mol. The van der Waals surface area contributed by atoms with Crippen molar-refractivity contribution in [2.45, 2.75) is 6.54 Å². The Morgan fingerprint density at radius 2 is 2.33 bits per heavy atom. The summed E-state index contributed by atoms with van der Waals surface area (Å²) < 4.78 is 0. The number of hydrogen-bond acceptors (Lipinski definition) is 3. The first-order valence-electron chi connectivity index (χ1n) is 3.80. The highest BCUT2D eigenvalue weighted by Gasteiger charge is 2.16. The molecule has 1 heterocycles. The van der Waals surface area contributed by atoms with Crippen LogP contribution in [0.4, 0.5) is 5.69 Å². The van der Waals surface area contributed by atoms with Gasteiger partial charge in [-0.2, -0.15) is 0 Å². The number of hydrazine groups is 1. The molecule has 2 rings (SSSR count). The third kappa shape index (κ3) is 1.14. The summed E-state index contributed by atoms with van der Waals surface area (Å²) in [6.07, 6.45) is 1.40. The highest BCUT2D eigenvalue weighted by Crippen LogP contribution is 2.24. The Balaban J connectivity index is 2.16. The highest BCUT2D eigenvalue weighted by molar-refractivity contribution is 5.52. The first kappa shape index (κ1) is 7.18. The topological polar surface area (TPSA) is 24.5 Å². The summed E-state index contributed by atoms with van der Waals surface area (Å²) in [7, 11) is 0. The normalized spacial score (nSPS) is 15.0. The van der Waals surface area contributed by atoms with Gasteiger partial charge in [-0.05, 0) is 11.6 Å². The molecule has 0 bridgehead atoms. The lowest BCUT2D eigenvalue weighted by Gasteiger charge is -2.12. The second-order valence-electron chi connectivity index (χ2n) is 2.58. The third-order valence-electron chi connectivity index (χ3n) is 1.78. The molecule has 0 radical (unpaired) electrons.